The number of aromatic amines is 1. The summed E-state index contributed by atoms with van der Waals surface area (Å²) in [4.78, 5) is 30.5. The minimum Gasteiger partial charge on any atom is -0.475 e. The van der Waals surface area contributed by atoms with Crippen molar-refractivity contribution in [1.29, 1.82) is 0 Å². The van der Waals surface area contributed by atoms with Crippen molar-refractivity contribution in [2.24, 2.45) is 11.8 Å². The molecule has 7 heteroatoms. The van der Waals surface area contributed by atoms with Crippen molar-refractivity contribution in [3.8, 4) is 0 Å². The molecule has 1 aliphatic heterocycles. The van der Waals surface area contributed by atoms with Gasteiger partial charge in [0.15, 0.2) is 0 Å². The van der Waals surface area contributed by atoms with Crippen LogP contribution in [0.25, 0.3) is 10.2 Å². The van der Waals surface area contributed by atoms with Gasteiger partial charge in [-0.1, -0.05) is 19.3 Å². The van der Waals surface area contributed by atoms with Crippen LogP contribution in [0.2, 0.25) is 0 Å². The lowest BCUT2D eigenvalue weighted by molar-refractivity contribution is 0.0683. The number of carbonyl (C=O) groups is 1. The number of hydrogen-bond donors (Lipinski definition) is 3. The Morgan fingerprint density at radius 3 is 2.69 bits per heavy atom. The second-order valence-electron chi connectivity index (χ2n) is 7.55. The first-order chi connectivity index (χ1) is 12.6. The minimum absolute atomic E-state index is 0.280. The summed E-state index contributed by atoms with van der Waals surface area (Å²) in [5.41, 5.74) is 0.729. The van der Waals surface area contributed by atoms with E-state index in [9.17, 15) is 9.59 Å². The third-order valence-electron chi connectivity index (χ3n) is 5.94. The smallest absolute Gasteiger partial charge is 0.372 e. The number of aromatic carboxylic acids is 1. The SMILES string of the molecule is C1CC[C@@H]2CNCC[C@H]2C1.O=C(O)c1nc2sc3c(c2c(=O)[nH]1)CCC3. The zero-order valence-electron chi connectivity index (χ0n) is 14.8. The van der Waals surface area contributed by atoms with Gasteiger partial charge in [-0.3, -0.25) is 4.79 Å². The molecular weight excluding hydrogens is 350 g/mol. The predicted octanol–water partition coefficient (Wildman–Crippen LogP) is 2.96. The van der Waals surface area contributed by atoms with Crippen molar-refractivity contribution >= 4 is 27.5 Å². The number of H-pyrrole nitrogens is 1. The van der Waals surface area contributed by atoms with E-state index in [0.717, 1.165) is 36.7 Å². The number of nitrogens with one attached hydrogen (secondary N) is 2. The molecule has 1 saturated heterocycles. The number of nitrogens with zero attached hydrogens (tertiary/aromatic N) is 1. The molecule has 26 heavy (non-hydrogen) atoms. The highest BCUT2D eigenvalue weighted by atomic mass is 32.1. The monoisotopic (exact) mass is 375 g/mol. The van der Waals surface area contributed by atoms with Gasteiger partial charge in [0.2, 0.25) is 5.82 Å². The quantitative estimate of drug-likeness (QED) is 0.712. The van der Waals surface area contributed by atoms with Gasteiger partial charge in [-0.15, -0.1) is 11.3 Å². The molecule has 0 spiro atoms. The molecule has 1 saturated carbocycles. The van der Waals surface area contributed by atoms with Crippen molar-refractivity contribution in [1.82, 2.24) is 15.3 Å². The van der Waals surface area contributed by atoms with Crippen LogP contribution in [0.1, 0.15) is 59.6 Å². The van der Waals surface area contributed by atoms with Gasteiger partial charge in [-0.25, -0.2) is 9.78 Å². The second-order valence-corrected chi connectivity index (χ2v) is 8.64. The number of thiophene rings is 1. The van der Waals surface area contributed by atoms with Gasteiger partial charge in [-0.2, -0.15) is 0 Å². The number of carboxylic acid groups (broad SMARTS) is 1. The third kappa shape index (κ3) is 3.42. The lowest BCUT2D eigenvalue weighted by atomic mass is 9.76. The van der Waals surface area contributed by atoms with Crippen LogP contribution in [0.5, 0.6) is 0 Å². The van der Waals surface area contributed by atoms with Crippen LogP contribution in [0.3, 0.4) is 0 Å². The third-order valence-corrected chi connectivity index (χ3v) is 7.13. The minimum atomic E-state index is -1.20. The Balaban J connectivity index is 0.000000144. The molecule has 0 bridgehead atoms. The number of carboxylic acids is 1. The number of fused-ring (bicyclic) bond motifs is 4. The molecular formula is C19H25N3O3S. The van der Waals surface area contributed by atoms with E-state index in [1.54, 1.807) is 0 Å². The van der Waals surface area contributed by atoms with E-state index in [-0.39, 0.29) is 11.4 Å². The fraction of sp³-hybridized carbons (Fsp3) is 0.632. The van der Waals surface area contributed by atoms with E-state index in [1.165, 1.54) is 61.4 Å². The molecule has 0 amide bonds. The summed E-state index contributed by atoms with van der Waals surface area (Å²) in [7, 11) is 0. The molecule has 5 rings (SSSR count). The first-order valence-corrected chi connectivity index (χ1v) is 10.4. The highest BCUT2D eigenvalue weighted by Crippen LogP contribution is 2.34. The van der Waals surface area contributed by atoms with E-state index >= 15 is 0 Å². The van der Waals surface area contributed by atoms with E-state index < -0.39 is 5.97 Å². The fourth-order valence-electron chi connectivity index (χ4n) is 4.61. The summed E-state index contributed by atoms with van der Waals surface area (Å²) in [5, 5.41) is 12.9. The number of rotatable bonds is 1. The number of piperidine rings is 1. The Morgan fingerprint density at radius 2 is 1.92 bits per heavy atom. The molecule has 2 fully saturated rings. The van der Waals surface area contributed by atoms with Crippen LogP contribution in [0, 0.1) is 11.8 Å². The maximum Gasteiger partial charge on any atom is 0.372 e. The summed E-state index contributed by atoms with van der Waals surface area (Å²) in [6, 6.07) is 0. The maximum atomic E-state index is 11.8. The summed E-state index contributed by atoms with van der Waals surface area (Å²) in [6.45, 7) is 2.59. The van der Waals surface area contributed by atoms with Crippen LogP contribution in [-0.2, 0) is 12.8 Å². The van der Waals surface area contributed by atoms with Crippen molar-refractivity contribution in [2.45, 2.75) is 51.4 Å². The van der Waals surface area contributed by atoms with Crippen molar-refractivity contribution in [3.05, 3.63) is 26.6 Å². The standard InChI is InChI=1S/C10H8N2O3S.C9H17N/c13-8-6-4-2-1-3-5(4)16-9(6)12-7(11-8)10(14)15;1-2-4-9-7-10-6-5-8(9)3-1/h1-3H2,(H,14,15)(H,11,12,13);8-10H,1-7H2/t;8-,9-/m.1/s1. The van der Waals surface area contributed by atoms with Crippen LogP contribution >= 0.6 is 11.3 Å². The van der Waals surface area contributed by atoms with Crippen LogP contribution in [0.4, 0.5) is 0 Å². The van der Waals surface area contributed by atoms with Crippen LogP contribution in [-0.4, -0.2) is 34.1 Å². The first-order valence-electron chi connectivity index (χ1n) is 9.62. The summed E-state index contributed by atoms with van der Waals surface area (Å²) in [6.07, 6.45) is 10.4. The normalized spacial score (nSPS) is 24.5. The van der Waals surface area contributed by atoms with Crippen molar-refractivity contribution in [3.63, 3.8) is 0 Å². The lowest BCUT2D eigenvalue weighted by Crippen LogP contribution is -2.38. The molecule has 2 aromatic heterocycles. The molecule has 3 N–H and O–H groups in total. The largest absolute Gasteiger partial charge is 0.475 e. The van der Waals surface area contributed by atoms with E-state index in [0.29, 0.717) is 10.2 Å². The maximum absolute atomic E-state index is 11.8. The van der Waals surface area contributed by atoms with Gasteiger partial charge in [0.05, 0.1) is 5.39 Å². The molecule has 2 atom stereocenters. The van der Waals surface area contributed by atoms with E-state index in [4.69, 9.17) is 5.11 Å². The Hall–Kier alpha value is -1.73. The predicted molar refractivity (Wildman–Crippen MR) is 102 cm³/mol. The Morgan fingerprint density at radius 1 is 1.12 bits per heavy atom. The Bertz CT molecular complexity index is 847. The number of hydrogen-bond acceptors (Lipinski definition) is 5. The molecule has 2 aromatic rings. The van der Waals surface area contributed by atoms with Gasteiger partial charge in [0.25, 0.3) is 5.56 Å². The van der Waals surface area contributed by atoms with E-state index in [1.807, 2.05) is 0 Å². The van der Waals surface area contributed by atoms with Gasteiger partial charge in [-0.05, 0) is 62.6 Å². The molecule has 3 aliphatic rings. The van der Waals surface area contributed by atoms with Crippen LogP contribution in [0.15, 0.2) is 4.79 Å². The fourth-order valence-corrected chi connectivity index (χ4v) is 5.87. The summed E-state index contributed by atoms with van der Waals surface area (Å²) in [5.74, 6) is 0.655. The van der Waals surface area contributed by atoms with Gasteiger partial charge in [0.1, 0.15) is 4.83 Å². The van der Waals surface area contributed by atoms with Crippen molar-refractivity contribution in [2.75, 3.05) is 13.1 Å². The number of aryl methyl sites for hydroxylation is 2. The lowest BCUT2D eigenvalue weighted by Gasteiger charge is -2.35. The highest BCUT2D eigenvalue weighted by Gasteiger charge is 2.26. The Kier molecular flexibility index (Phi) is 5.09. The average molecular weight is 375 g/mol. The van der Waals surface area contributed by atoms with Gasteiger partial charge in [0, 0.05) is 4.88 Å². The van der Waals surface area contributed by atoms with Crippen LogP contribution < -0.4 is 10.9 Å². The number of aromatic nitrogens is 2. The molecule has 2 aliphatic carbocycles. The van der Waals surface area contributed by atoms with Gasteiger partial charge < -0.3 is 15.4 Å². The highest BCUT2D eigenvalue weighted by molar-refractivity contribution is 7.18. The summed E-state index contributed by atoms with van der Waals surface area (Å²) >= 11 is 1.44. The molecule has 0 aromatic carbocycles. The zero-order valence-corrected chi connectivity index (χ0v) is 15.7. The second kappa shape index (κ2) is 7.48. The molecule has 6 nitrogen and oxygen atoms in total. The first kappa shape index (κ1) is 17.7. The molecule has 0 radical (unpaired) electrons. The average Bonchev–Trinajstić information content (AvgIpc) is 3.23. The van der Waals surface area contributed by atoms with Gasteiger partial charge >= 0.3 is 5.97 Å². The van der Waals surface area contributed by atoms with Crippen molar-refractivity contribution < 1.29 is 9.90 Å². The Labute approximate surface area is 156 Å². The summed E-state index contributed by atoms with van der Waals surface area (Å²) < 4.78 is 0. The molecule has 0 unspecified atom stereocenters. The zero-order chi connectivity index (χ0) is 18.1. The molecule has 140 valence electrons. The molecule has 3 heterocycles. The topological polar surface area (TPSA) is 95.1 Å². The van der Waals surface area contributed by atoms with E-state index in [2.05, 4.69) is 15.3 Å².